The van der Waals surface area contributed by atoms with Crippen molar-refractivity contribution in [2.75, 3.05) is 18.6 Å². The Morgan fingerprint density at radius 2 is 2.32 bits per heavy atom. The molecule has 1 saturated heterocycles. The zero-order valence-corrected chi connectivity index (χ0v) is 11.4. The number of nitrogens with two attached hydrogens (primary N) is 1. The average Bonchev–Trinajstić information content (AvgIpc) is 2.46. The van der Waals surface area contributed by atoms with Crippen LogP contribution in [0.2, 0.25) is 0 Å². The van der Waals surface area contributed by atoms with Crippen molar-refractivity contribution in [3.8, 4) is 0 Å². The lowest BCUT2D eigenvalue weighted by molar-refractivity contribution is 0.0593. The highest BCUT2D eigenvalue weighted by atomic mass is 16.5. The van der Waals surface area contributed by atoms with E-state index in [2.05, 4.69) is 26.5 Å². The van der Waals surface area contributed by atoms with E-state index in [1.807, 2.05) is 0 Å². The van der Waals surface area contributed by atoms with E-state index >= 15 is 0 Å². The van der Waals surface area contributed by atoms with Gasteiger partial charge in [0.25, 0.3) is 0 Å². The van der Waals surface area contributed by atoms with E-state index < -0.39 is 5.97 Å². The van der Waals surface area contributed by atoms with Crippen molar-refractivity contribution in [1.82, 2.24) is 9.97 Å². The predicted octanol–water partition coefficient (Wildman–Crippen LogP) is 0.969. The first-order chi connectivity index (χ1) is 9.17. The second-order valence-corrected chi connectivity index (χ2v) is 4.83. The van der Waals surface area contributed by atoms with Gasteiger partial charge in [0.2, 0.25) is 0 Å². The van der Waals surface area contributed by atoms with Crippen LogP contribution in [0.15, 0.2) is 12.4 Å². The van der Waals surface area contributed by atoms with Gasteiger partial charge in [0, 0.05) is 18.6 Å². The van der Waals surface area contributed by atoms with Crippen molar-refractivity contribution in [2.24, 2.45) is 5.73 Å². The van der Waals surface area contributed by atoms with Gasteiger partial charge in [-0.1, -0.05) is 0 Å². The van der Waals surface area contributed by atoms with Crippen LogP contribution in [-0.2, 0) is 4.74 Å². The van der Waals surface area contributed by atoms with Gasteiger partial charge >= 0.3 is 5.97 Å². The van der Waals surface area contributed by atoms with Crippen molar-refractivity contribution >= 4 is 11.8 Å². The fraction of sp³-hybridized carbons (Fsp3) is 0.615. The number of anilines is 1. The fourth-order valence-corrected chi connectivity index (χ4v) is 2.61. The molecule has 1 fully saturated rings. The molecule has 0 radical (unpaired) electrons. The minimum Gasteiger partial charge on any atom is -0.464 e. The third-order valence-corrected chi connectivity index (χ3v) is 3.58. The lowest BCUT2D eigenvalue weighted by Crippen LogP contribution is -2.49. The Balaban J connectivity index is 2.30. The Kier molecular flexibility index (Phi) is 4.31. The molecule has 2 N–H and O–H groups in total. The van der Waals surface area contributed by atoms with Crippen LogP contribution >= 0.6 is 0 Å². The van der Waals surface area contributed by atoms with E-state index in [1.165, 1.54) is 19.7 Å². The van der Waals surface area contributed by atoms with E-state index in [1.54, 1.807) is 6.20 Å². The van der Waals surface area contributed by atoms with Crippen LogP contribution < -0.4 is 10.6 Å². The summed E-state index contributed by atoms with van der Waals surface area (Å²) in [6.45, 7) is 2.72. The maximum atomic E-state index is 11.5. The number of methoxy groups -OCH3 is 1. The number of carbonyl (C=O) groups excluding carboxylic acids is 1. The van der Waals surface area contributed by atoms with Crippen LogP contribution in [0.4, 0.5) is 5.82 Å². The first-order valence-electron chi connectivity index (χ1n) is 6.56. The summed E-state index contributed by atoms with van der Waals surface area (Å²) in [4.78, 5) is 22.1. The number of ether oxygens (including phenoxy) is 1. The van der Waals surface area contributed by atoms with Gasteiger partial charge in [-0.2, -0.15) is 0 Å². The van der Waals surface area contributed by atoms with Crippen molar-refractivity contribution in [3.05, 3.63) is 18.1 Å². The molecule has 0 spiro atoms. The van der Waals surface area contributed by atoms with Gasteiger partial charge in [-0.05, 0) is 26.2 Å². The first kappa shape index (κ1) is 13.7. The van der Waals surface area contributed by atoms with Gasteiger partial charge < -0.3 is 15.4 Å². The van der Waals surface area contributed by atoms with E-state index in [4.69, 9.17) is 5.73 Å². The van der Waals surface area contributed by atoms with Crippen LogP contribution in [-0.4, -0.2) is 41.7 Å². The van der Waals surface area contributed by atoms with Crippen molar-refractivity contribution in [2.45, 2.75) is 38.3 Å². The third-order valence-electron chi connectivity index (χ3n) is 3.58. The molecular formula is C13H20N4O2. The smallest absolute Gasteiger partial charge is 0.358 e. The number of hydrogen-bond donors (Lipinski definition) is 1. The molecule has 2 unspecified atom stereocenters. The highest BCUT2D eigenvalue weighted by Gasteiger charge is 2.28. The molecule has 1 aliphatic rings. The summed E-state index contributed by atoms with van der Waals surface area (Å²) in [6.07, 6.45) is 6.41. The molecular weight excluding hydrogens is 244 g/mol. The zero-order valence-electron chi connectivity index (χ0n) is 11.4. The standard InChI is InChI=1S/C13H20N4O2/c1-9-4-3-5-10(6-14)17(9)12-8-15-7-11(16-12)13(18)19-2/h7-10H,3-6,14H2,1-2H3. The Morgan fingerprint density at radius 1 is 1.53 bits per heavy atom. The minimum atomic E-state index is -0.469. The van der Waals surface area contributed by atoms with E-state index in [0.29, 0.717) is 18.4 Å². The largest absolute Gasteiger partial charge is 0.464 e. The summed E-state index contributed by atoms with van der Waals surface area (Å²) in [6, 6.07) is 0.607. The van der Waals surface area contributed by atoms with Gasteiger partial charge in [-0.3, -0.25) is 4.98 Å². The number of aromatic nitrogens is 2. The second kappa shape index (κ2) is 5.97. The summed E-state index contributed by atoms with van der Waals surface area (Å²) < 4.78 is 4.67. The number of rotatable bonds is 3. The van der Waals surface area contributed by atoms with Crippen LogP contribution in [0.25, 0.3) is 0 Å². The number of hydrogen-bond acceptors (Lipinski definition) is 6. The van der Waals surface area contributed by atoms with Gasteiger partial charge in [0.15, 0.2) is 5.69 Å². The van der Waals surface area contributed by atoms with Crippen LogP contribution in [0.5, 0.6) is 0 Å². The third kappa shape index (κ3) is 2.84. The maximum Gasteiger partial charge on any atom is 0.358 e. The fourth-order valence-electron chi connectivity index (χ4n) is 2.61. The van der Waals surface area contributed by atoms with E-state index in [9.17, 15) is 4.79 Å². The molecule has 0 bridgehead atoms. The second-order valence-electron chi connectivity index (χ2n) is 4.83. The molecule has 6 heteroatoms. The molecule has 0 amide bonds. The molecule has 2 atom stereocenters. The topological polar surface area (TPSA) is 81.3 Å². The highest BCUT2D eigenvalue weighted by molar-refractivity contribution is 5.87. The average molecular weight is 264 g/mol. The van der Waals surface area contributed by atoms with Crippen LogP contribution in [0.3, 0.4) is 0 Å². The Labute approximate surface area is 113 Å². The van der Waals surface area contributed by atoms with Gasteiger partial charge in [0.05, 0.1) is 19.5 Å². The summed E-state index contributed by atoms with van der Waals surface area (Å²) in [5, 5.41) is 0. The molecule has 19 heavy (non-hydrogen) atoms. The molecule has 1 aromatic rings. The van der Waals surface area contributed by atoms with Crippen LogP contribution in [0.1, 0.15) is 36.7 Å². The monoisotopic (exact) mass is 264 g/mol. The zero-order chi connectivity index (χ0) is 13.8. The molecule has 0 aliphatic carbocycles. The van der Waals surface area contributed by atoms with Crippen LogP contribution in [0, 0.1) is 0 Å². The summed E-state index contributed by atoms with van der Waals surface area (Å²) in [5.74, 6) is 0.230. The van der Waals surface area contributed by atoms with Gasteiger partial charge in [-0.25, -0.2) is 9.78 Å². The van der Waals surface area contributed by atoms with Crippen molar-refractivity contribution in [1.29, 1.82) is 0 Å². The molecule has 1 aliphatic heterocycles. The summed E-state index contributed by atoms with van der Waals surface area (Å²) in [7, 11) is 1.34. The van der Waals surface area contributed by atoms with Gasteiger partial charge in [-0.15, -0.1) is 0 Å². The molecule has 0 aromatic carbocycles. The number of nitrogens with zero attached hydrogens (tertiary/aromatic N) is 3. The highest BCUT2D eigenvalue weighted by Crippen LogP contribution is 2.27. The summed E-state index contributed by atoms with van der Waals surface area (Å²) >= 11 is 0. The van der Waals surface area contributed by atoms with Crippen molar-refractivity contribution < 1.29 is 9.53 Å². The molecule has 1 aromatic heterocycles. The lowest BCUT2D eigenvalue weighted by Gasteiger charge is -2.41. The quantitative estimate of drug-likeness (QED) is 0.819. The SMILES string of the molecule is COC(=O)c1cncc(N2C(C)CCCC2CN)n1. The Hall–Kier alpha value is -1.69. The number of esters is 1. The molecule has 6 nitrogen and oxygen atoms in total. The lowest BCUT2D eigenvalue weighted by atomic mass is 9.96. The van der Waals surface area contributed by atoms with Gasteiger partial charge in [0.1, 0.15) is 5.82 Å². The van der Waals surface area contributed by atoms with Crippen molar-refractivity contribution in [3.63, 3.8) is 0 Å². The van der Waals surface area contributed by atoms with E-state index in [-0.39, 0.29) is 11.7 Å². The first-order valence-corrected chi connectivity index (χ1v) is 6.56. The van der Waals surface area contributed by atoms with E-state index in [0.717, 1.165) is 12.8 Å². The number of piperidine rings is 1. The summed E-state index contributed by atoms with van der Waals surface area (Å²) in [5.41, 5.74) is 6.07. The normalized spacial score (nSPS) is 23.2. The number of carbonyl (C=O) groups is 1. The molecule has 0 saturated carbocycles. The molecule has 2 rings (SSSR count). The Bertz CT molecular complexity index is 452. The Morgan fingerprint density at radius 3 is 3.00 bits per heavy atom. The molecule has 104 valence electrons. The predicted molar refractivity (Wildman–Crippen MR) is 72.0 cm³/mol. The minimum absolute atomic E-state index is 0.230. The maximum absolute atomic E-state index is 11.5. The molecule has 2 heterocycles.